The van der Waals surface area contributed by atoms with E-state index in [0.717, 1.165) is 31.6 Å². The lowest BCUT2D eigenvalue weighted by Gasteiger charge is -2.47. The van der Waals surface area contributed by atoms with Gasteiger partial charge in [0.05, 0.1) is 11.2 Å². The number of aliphatic hydroxyl groups is 1. The Labute approximate surface area is 115 Å². The maximum atomic E-state index is 10.9. The standard InChI is InChI=1S/C15H26O2S/c1-12-9-15(16,11-18-12)13-5-8-17-14(10-13)6-3-2-4-7-14/h12-13,16H,2-11H2,1H3. The van der Waals surface area contributed by atoms with Crippen LogP contribution >= 0.6 is 11.8 Å². The molecule has 2 nitrogen and oxygen atoms in total. The lowest BCUT2D eigenvalue weighted by molar-refractivity contribution is -0.151. The van der Waals surface area contributed by atoms with Crippen LogP contribution in [-0.2, 0) is 4.74 Å². The maximum Gasteiger partial charge on any atom is 0.0778 e. The molecular formula is C15H26O2S. The third kappa shape index (κ3) is 2.46. The fraction of sp³-hybridized carbons (Fsp3) is 1.00. The minimum Gasteiger partial charge on any atom is -0.389 e. The van der Waals surface area contributed by atoms with Gasteiger partial charge in [0.25, 0.3) is 0 Å². The second-order valence-electron chi connectivity index (χ2n) is 6.71. The van der Waals surface area contributed by atoms with E-state index in [4.69, 9.17) is 4.74 Å². The molecule has 3 rings (SSSR count). The van der Waals surface area contributed by atoms with Gasteiger partial charge in [-0.25, -0.2) is 0 Å². The molecule has 2 aliphatic heterocycles. The van der Waals surface area contributed by atoms with Crippen molar-refractivity contribution in [3.05, 3.63) is 0 Å². The van der Waals surface area contributed by atoms with E-state index < -0.39 is 5.60 Å². The summed E-state index contributed by atoms with van der Waals surface area (Å²) >= 11 is 1.94. The molecule has 1 N–H and O–H groups in total. The average molecular weight is 270 g/mol. The van der Waals surface area contributed by atoms with E-state index in [-0.39, 0.29) is 5.60 Å². The molecule has 0 radical (unpaired) electrons. The highest BCUT2D eigenvalue weighted by Gasteiger charge is 2.48. The second-order valence-corrected chi connectivity index (χ2v) is 8.14. The van der Waals surface area contributed by atoms with Gasteiger partial charge >= 0.3 is 0 Å². The van der Waals surface area contributed by atoms with E-state index in [1.807, 2.05) is 11.8 Å². The Balaban J connectivity index is 1.70. The lowest BCUT2D eigenvalue weighted by Crippen LogP contribution is -2.49. The summed E-state index contributed by atoms with van der Waals surface area (Å²) in [6.07, 6.45) is 9.60. The Hall–Kier alpha value is 0.270. The summed E-state index contributed by atoms with van der Waals surface area (Å²) in [7, 11) is 0. The predicted octanol–water partition coefficient (Wildman–Crippen LogP) is 3.37. The molecule has 0 aromatic rings. The molecule has 3 heteroatoms. The van der Waals surface area contributed by atoms with Gasteiger partial charge in [0.2, 0.25) is 0 Å². The molecule has 0 aromatic heterocycles. The first kappa shape index (κ1) is 13.3. The Morgan fingerprint density at radius 3 is 2.61 bits per heavy atom. The van der Waals surface area contributed by atoms with Crippen molar-refractivity contribution < 1.29 is 9.84 Å². The van der Waals surface area contributed by atoms with E-state index in [0.29, 0.717) is 11.2 Å². The van der Waals surface area contributed by atoms with Crippen molar-refractivity contribution in [3.63, 3.8) is 0 Å². The van der Waals surface area contributed by atoms with Crippen LogP contribution in [0.15, 0.2) is 0 Å². The minimum absolute atomic E-state index is 0.132. The van der Waals surface area contributed by atoms with E-state index in [1.54, 1.807) is 0 Å². The Kier molecular flexibility index (Phi) is 3.68. The van der Waals surface area contributed by atoms with E-state index in [2.05, 4.69) is 6.92 Å². The number of rotatable bonds is 1. The fourth-order valence-corrected chi connectivity index (χ4v) is 5.55. The van der Waals surface area contributed by atoms with Gasteiger partial charge in [0.1, 0.15) is 0 Å². The van der Waals surface area contributed by atoms with Crippen LogP contribution in [-0.4, -0.2) is 33.9 Å². The molecule has 3 aliphatic rings. The molecule has 104 valence electrons. The van der Waals surface area contributed by atoms with E-state index in [1.165, 1.54) is 32.1 Å². The second kappa shape index (κ2) is 4.99. The largest absolute Gasteiger partial charge is 0.389 e. The van der Waals surface area contributed by atoms with Crippen molar-refractivity contribution in [3.8, 4) is 0 Å². The van der Waals surface area contributed by atoms with Crippen molar-refractivity contribution in [1.82, 2.24) is 0 Å². The van der Waals surface area contributed by atoms with Crippen LogP contribution in [0.25, 0.3) is 0 Å². The third-order valence-electron chi connectivity index (χ3n) is 5.28. The summed E-state index contributed by atoms with van der Waals surface area (Å²) < 4.78 is 6.15. The van der Waals surface area contributed by atoms with Crippen molar-refractivity contribution in [2.24, 2.45) is 5.92 Å². The van der Waals surface area contributed by atoms with Crippen LogP contribution < -0.4 is 0 Å². The normalized spacial score (nSPS) is 44.3. The molecule has 18 heavy (non-hydrogen) atoms. The first-order valence-electron chi connectivity index (χ1n) is 7.60. The van der Waals surface area contributed by atoms with Crippen LogP contribution in [0, 0.1) is 5.92 Å². The molecule has 3 atom stereocenters. The summed E-state index contributed by atoms with van der Waals surface area (Å²) in [4.78, 5) is 0. The topological polar surface area (TPSA) is 29.5 Å². The van der Waals surface area contributed by atoms with Crippen LogP contribution in [0.1, 0.15) is 58.3 Å². The number of hydrogen-bond acceptors (Lipinski definition) is 3. The van der Waals surface area contributed by atoms with Crippen LogP contribution in [0.5, 0.6) is 0 Å². The highest BCUT2D eigenvalue weighted by atomic mass is 32.2. The number of thioether (sulfide) groups is 1. The minimum atomic E-state index is -0.404. The summed E-state index contributed by atoms with van der Waals surface area (Å²) in [6, 6.07) is 0. The Bertz CT molecular complexity index is 295. The van der Waals surface area contributed by atoms with Crippen molar-refractivity contribution in [1.29, 1.82) is 0 Å². The maximum absolute atomic E-state index is 10.9. The Morgan fingerprint density at radius 1 is 1.17 bits per heavy atom. The molecule has 1 aliphatic carbocycles. The van der Waals surface area contributed by atoms with Gasteiger partial charge in [-0.2, -0.15) is 11.8 Å². The van der Waals surface area contributed by atoms with Crippen molar-refractivity contribution in [2.45, 2.75) is 74.7 Å². The van der Waals surface area contributed by atoms with Crippen LogP contribution in [0.2, 0.25) is 0 Å². The zero-order valence-corrected chi connectivity index (χ0v) is 12.3. The van der Waals surface area contributed by atoms with Crippen LogP contribution in [0.3, 0.4) is 0 Å². The highest BCUT2D eigenvalue weighted by molar-refractivity contribution is 8.00. The Morgan fingerprint density at radius 2 is 1.94 bits per heavy atom. The highest BCUT2D eigenvalue weighted by Crippen LogP contribution is 2.48. The molecular weight excluding hydrogens is 244 g/mol. The first-order chi connectivity index (χ1) is 8.62. The average Bonchev–Trinajstić information content (AvgIpc) is 2.72. The van der Waals surface area contributed by atoms with Gasteiger partial charge in [-0.3, -0.25) is 0 Å². The SMILES string of the molecule is CC1CC(O)(C2CCOC3(CCCCC3)C2)CS1. The van der Waals surface area contributed by atoms with Gasteiger partial charge in [-0.1, -0.05) is 26.2 Å². The monoisotopic (exact) mass is 270 g/mol. The van der Waals surface area contributed by atoms with Crippen molar-refractivity contribution in [2.75, 3.05) is 12.4 Å². The smallest absolute Gasteiger partial charge is 0.0778 e. The van der Waals surface area contributed by atoms with Crippen LogP contribution in [0.4, 0.5) is 0 Å². The molecule has 2 heterocycles. The van der Waals surface area contributed by atoms with Gasteiger partial charge in [0.15, 0.2) is 0 Å². The fourth-order valence-electron chi connectivity index (χ4n) is 4.22. The summed E-state index contributed by atoms with van der Waals surface area (Å²) in [5.41, 5.74) is -0.272. The first-order valence-corrected chi connectivity index (χ1v) is 8.65. The lowest BCUT2D eigenvalue weighted by atomic mass is 9.70. The molecule has 0 bridgehead atoms. The summed E-state index contributed by atoms with van der Waals surface area (Å²) in [6.45, 7) is 3.12. The van der Waals surface area contributed by atoms with E-state index in [9.17, 15) is 5.11 Å². The van der Waals surface area contributed by atoms with Gasteiger partial charge in [-0.15, -0.1) is 0 Å². The molecule has 3 fully saturated rings. The van der Waals surface area contributed by atoms with Crippen molar-refractivity contribution >= 4 is 11.8 Å². The molecule has 1 saturated carbocycles. The number of hydrogen-bond donors (Lipinski definition) is 1. The molecule has 3 unspecified atom stereocenters. The number of ether oxygens (including phenoxy) is 1. The zero-order valence-electron chi connectivity index (χ0n) is 11.5. The summed E-state index contributed by atoms with van der Waals surface area (Å²) in [5, 5.41) is 11.5. The molecule has 1 spiro atoms. The summed E-state index contributed by atoms with van der Waals surface area (Å²) in [5.74, 6) is 1.41. The molecule has 0 aromatic carbocycles. The van der Waals surface area contributed by atoms with Gasteiger partial charge < -0.3 is 9.84 Å². The molecule has 2 saturated heterocycles. The van der Waals surface area contributed by atoms with Gasteiger partial charge in [-0.05, 0) is 38.0 Å². The van der Waals surface area contributed by atoms with E-state index >= 15 is 0 Å². The quantitative estimate of drug-likeness (QED) is 0.792. The van der Waals surface area contributed by atoms with Gasteiger partial charge in [0, 0.05) is 17.6 Å². The predicted molar refractivity (Wildman–Crippen MR) is 76.0 cm³/mol. The molecule has 0 amide bonds. The zero-order chi connectivity index (χ0) is 12.6. The third-order valence-corrected chi connectivity index (χ3v) is 6.68.